The van der Waals surface area contributed by atoms with Crippen molar-refractivity contribution in [3.63, 3.8) is 0 Å². The van der Waals surface area contributed by atoms with E-state index in [-0.39, 0.29) is 11.8 Å². The molecule has 2 amide bonds. The third-order valence-electron chi connectivity index (χ3n) is 3.83. The summed E-state index contributed by atoms with van der Waals surface area (Å²) in [5.74, 6) is -0.379. The second-order valence-electron chi connectivity index (χ2n) is 5.79. The van der Waals surface area contributed by atoms with Crippen molar-refractivity contribution in [1.29, 1.82) is 0 Å². The number of nitrogens with one attached hydrogen (secondary N) is 2. The fourth-order valence-electron chi connectivity index (χ4n) is 2.47. The molecule has 0 bridgehead atoms. The lowest BCUT2D eigenvalue weighted by Crippen LogP contribution is -2.27. The summed E-state index contributed by atoms with van der Waals surface area (Å²) in [7, 11) is 0. The van der Waals surface area contributed by atoms with Gasteiger partial charge in [0.25, 0.3) is 11.8 Å². The molecule has 0 atom stereocenters. The molecular formula is C21H24N2O2. The number of hydrogen-bond acceptors (Lipinski definition) is 2. The second-order valence-corrected chi connectivity index (χ2v) is 5.79. The summed E-state index contributed by atoms with van der Waals surface area (Å²) < 4.78 is 0. The predicted molar refractivity (Wildman–Crippen MR) is 102 cm³/mol. The summed E-state index contributed by atoms with van der Waals surface area (Å²) >= 11 is 0. The Morgan fingerprint density at radius 3 is 2.40 bits per heavy atom. The molecular weight excluding hydrogens is 312 g/mol. The highest BCUT2D eigenvalue weighted by Gasteiger charge is 2.13. The average Bonchev–Trinajstić information content (AvgIpc) is 2.63. The number of hydrogen-bond donors (Lipinski definition) is 2. The van der Waals surface area contributed by atoms with Crippen LogP contribution in [0.2, 0.25) is 0 Å². The second kappa shape index (κ2) is 9.42. The predicted octanol–water partition coefficient (Wildman–Crippen LogP) is 3.95. The van der Waals surface area contributed by atoms with Gasteiger partial charge in [0, 0.05) is 12.1 Å². The van der Waals surface area contributed by atoms with E-state index in [4.69, 9.17) is 0 Å². The van der Waals surface area contributed by atoms with Crippen molar-refractivity contribution in [2.75, 3.05) is 11.9 Å². The van der Waals surface area contributed by atoms with Gasteiger partial charge >= 0.3 is 0 Å². The van der Waals surface area contributed by atoms with Gasteiger partial charge in [0.05, 0.1) is 11.3 Å². The molecule has 0 unspecified atom stereocenters. The lowest BCUT2D eigenvalue weighted by Gasteiger charge is -2.12. The highest BCUT2D eigenvalue weighted by molar-refractivity contribution is 6.08. The average molecular weight is 336 g/mol. The number of rotatable bonds is 7. The summed E-state index contributed by atoms with van der Waals surface area (Å²) in [4.78, 5) is 24.6. The smallest absolute Gasteiger partial charge is 0.253 e. The number of anilines is 1. The Bertz CT molecular complexity index is 752. The van der Waals surface area contributed by atoms with E-state index < -0.39 is 0 Å². The lowest BCUT2D eigenvalue weighted by atomic mass is 10.1. The van der Waals surface area contributed by atoms with Crippen LogP contribution in [0.25, 0.3) is 0 Å². The van der Waals surface area contributed by atoms with E-state index in [1.54, 1.807) is 31.2 Å². The minimum Gasteiger partial charge on any atom is -0.352 e. The maximum absolute atomic E-state index is 12.5. The van der Waals surface area contributed by atoms with Gasteiger partial charge in [-0.3, -0.25) is 9.59 Å². The van der Waals surface area contributed by atoms with Crippen LogP contribution in [0.3, 0.4) is 0 Å². The first-order chi connectivity index (χ1) is 12.1. The molecule has 25 heavy (non-hydrogen) atoms. The van der Waals surface area contributed by atoms with E-state index >= 15 is 0 Å². The highest BCUT2D eigenvalue weighted by atomic mass is 16.2. The largest absolute Gasteiger partial charge is 0.352 e. The van der Waals surface area contributed by atoms with E-state index in [1.165, 1.54) is 5.56 Å². The van der Waals surface area contributed by atoms with E-state index in [0.29, 0.717) is 23.4 Å². The monoisotopic (exact) mass is 336 g/mol. The number of amides is 2. The third kappa shape index (κ3) is 5.60. The van der Waals surface area contributed by atoms with Gasteiger partial charge < -0.3 is 10.6 Å². The third-order valence-corrected chi connectivity index (χ3v) is 3.83. The first kappa shape index (κ1) is 18.5. The Hall–Kier alpha value is -2.88. The maximum atomic E-state index is 12.5. The topological polar surface area (TPSA) is 58.2 Å². The zero-order chi connectivity index (χ0) is 18.1. The van der Waals surface area contributed by atoms with Crippen molar-refractivity contribution in [2.24, 2.45) is 0 Å². The Balaban J connectivity index is 2.00. The molecule has 0 aliphatic carbocycles. The van der Waals surface area contributed by atoms with Crippen LogP contribution < -0.4 is 10.6 Å². The van der Waals surface area contributed by atoms with Gasteiger partial charge in [-0.25, -0.2) is 0 Å². The first-order valence-electron chi connectivity index (χ1n) is 8.51. The van der Waals surface area contributed by atoms with E-state index in [0.717, 1.165) is 12.8 Å². The van der Waals surface area contributed by atoms with Gasteiger partial charge in [0.15, 0.2) is 0 Å². The van der Waals surface area contributed by atoms with Crippen LogP contribution in [-0.4, -0.2) is 18.4 Å². The zero-order valence-electron chi connectivity index (χ0n) is 14.7. The normalized spacial score (nSPS) is 11.0. The summed E-state index contributed by atoms with van der Waals surface area (Å²) in [5.41, 5.74) is 2.80. The Labute approximate surface area is 149 Å². The molecule has 130 valence electrons. The van der Waals surface area contributed by atoms with Crippen molar-refractivity contribution in [3.05, 3.63) is 77.4 Å². The molecule has 2 aromatic carbocycles. The molecule has 0 aliphatic heterocycles. The molecule has 0 aliphatic rings. The molecule has 0 saturated heterocycles. The van der Waals surface area contributed by atoms with Gasteiger partial charge in [-0.05, 0) is 37.5 Å². The first-order valence-corrected chi connectivity index (χ1v) is 8.51. The summed E-state index contributed by atoms with van der Waals surface area (Å²) in [6, 6.07) is 17.0. The molecule has 0 heterocycles. The standard InChI is InChI=1S/C21H24N2O2/c1-3-9-16(2)20(24)23-19-13-8-7-12-18(19)21(25)22-15-14-17-10-5-4-6-11-17/h4-13H,3,14-15H2,1-2H3,(H,22,25)(H,23,24)/b16-9-. The number of allylic oxidation sites excluding steroid dienone is 1. The molecule has 2 aromatic rings. The number of carbonyl (C=O) groups excluding carboxylic acids is 2. The van der Waals surface area contributed by atoms with Gasteiger partial charge in [-0.1, -0.05) is 55.5 Å². The Morgan fingerprint density at radius 2 is 1.68 bits per heavy atom. The van der Waals surface area contributed by atoms with E-state index in [9.17, 15) is 9.59 Å². The van der Waals surface area contributed by atoms with Crippen molar-refractivity contribution < 1.29 is 9.59 Å². The summed E-state index contributed by atoms with van der Waals surface area (Å²) in [6.45, 7) is 4.28. The SMILES string of the molecule is CC/C=C(/C)C(=O)Nc1ccccc1C(=O)NCCc1ccccc1. The quantitative estimate of drug-likeness (QED) is 0.752. The van der Waals surface area contributed by atoms with Gasteiger partial charge in [-0.15, -0.1) is 0 Å². The van der Waals surface area contributed by atoms with Crippen LogP contribution in [0.15, 0.2) is 66.2 Å². The molecule has 4 heteroatoms. The number of benzene rings is 2. The summed E-state index contributed by atoms with van der Waals surface area (Å²) in [5, 5.41) is 5.73. The Morgan fingerprint density at radius 1 is 1.00 bits per heavy atom. The van der Waals surface area contributed by atoms with E-state index in [2.05, 4.69) is 10.6 Å². The van der Waals surface area contributed by atoms with Crippen LogP contribution in [0.1, 0.15) is 36.2 Å². The molecule has 0 spiro atoms. The van der Waals surface area contributed by atoms with Gasteiger partial charge in [-0.2, -0.15) is 0 Å². The molecule has 2 rings (SSSR count). The molecule has 2 N–H and O–H groups in total. The Kier molecular flexibility index (Phi) is 6.96. The molecule has 0 aromatic heterocycles. The summed E-state index contributed by atoms with van der Waals surface area (Å²) in [6.07, 6.45) is 3.41. The fourth-order valence-corrected chi connectivity index (χ4v) is 2.47. The van der Waals surface area contributed by atoms with Crippen molar-refractivity contribution >= 4 is 17.5 Å². The van der Waals surface area contributed by atoms with Crippen molar-refractivity contribution in [3.8, 4) is 0 Å². The van der Waals surface area contributed by atoms with Crippen LogP contribution in [0.4, 0.5) is 5.69 Å². The van der Waals surface area contributed by atoms with Gasteiger partial charge in [0.2, 0.25) is 0 Å². The van der Waals surface area contributed by atoms with E-state index in [1.807, 2.05) is 43.3 Å². The van der Waals surface area contributed by atoms with Crippen molar-refractivity contribution in [2.45, 2.75) is 26.7 Å². The maximum Gasteiger partial charge on any atom is 0.253 e. The molecule has 0 saturated carbocycles. The van der Waals surface area contributed by atoms with Crippen LogP contribution in [0, 0.1) is 0 Å². The zero-order valence-corrected chi connectivity index (χ0v) is 14.7. The molecule has 0 fully saturated rings. The number of carbonyl (C=O) groups is 2. The minimum atomic E-state index is -0.191. The van der Waals surface area contributed by atoms with Crippen LogP contribution in [-0.2, 0) is 11.2 Å². The van der Waals surface area contributed by atoms with Crippen molar-refractivity contribution in [1.82, 2.24) is 5.32 Å². The van der Waals surface area contributed by atoms with Gasteiger partial charge in [0.1, 0.15) is 0 Å². The lowest BCUT2D eigenvalue weighted by molar-refractivity contribution is -0.112. The van der Waals surface area contributed by atoms with Crippen LogP contribution in [0.5, 0.6) is 0 Å². The molecule has 0 radical (unpaired) electrons. The fraction of sp³-hybridized carbons (Fsp3) is 0.238. The minimum absolute atomic E-state index is 0.189. The molecule has 4 nitrogen and oxygen atoms in total. The highest BCUT2D eigenvalue weighted by Crippen LogP contribution is 2.16. The number of para-hydroxylation sites is 1. The van der Waals surface area contributed by atoms with Crippen LogP contribution >= 0.6 is 0 Å².